The molecule has 0 aliphatic heterocycles. The van der Waals surface area contributed by atoms with Crippen molar-refractivity contribution in [2.75, 3.05) is 6.61 Å². The van der Waals surface area contributed by atoms with Crippen LogP contribution in [0.15, 0.2) is 29.0 Å². The Balaban J connectivity index is 2.04. The predicted octanol–water partition coefficient (Wildman–Crippen LogP) is 5.42. The van der Waals surface area contributed by atoms with Gasteiger partial charge < -0.3 is 4.74 Å². The van der Waals surface area contributed by atoms with E-state index in [-0.39, 0.29) is 0 Å². The molecule has 0 unspecified atom stereocenters. The standard InChI is InChI=1S/C13H11Cl3OS/c14-7-10-5-11(15)6-12(16)13(10)17-3-1-9-2-4-18-8-9/h2,4-6,8H,1,3,7H2. The summed E-state index contributed by atoms with van der Waals surface area (Å²) >= 11 is 19.6. The summed E-state index contributed by atoms with van der Waals surface area (Å²) in [6, 6.07) is 5.53. The Morgan fingerprint density at radius 2 is 2.06 bits per heavy atom. The van der Waals surface area contributed by atoms with Gasteiger partial charge in [-0.25, -0.2) is 0 Å². The highest BCUT2D eigenvalue weighted by Crippen LogP contribution is 2.33. The van der Waals surface area contributed by atoms with E-state index in [0.29, 0.717) is 28.3 Å². The Hall–Kier alpha value is -0.410. The van der Waals surface area contributed by atoms with E-state index >= 15 is 0 Å². The van der Waals surface area contributed by atoms with Gasteiger partial charge in [0.25, 0.3) is 0 Å². The maximum atomic E-state index is 6.11. The molecule has 1 aromatic heterocycles. The second-order valence-electron chi connectivity index (χ2n) is 3.74. The van der Waals surface area contributed by atoms with Crippen molar-refractivity contribution >= 4 is 46.1 Å². The lowest BCUT2D eigenvalue weighted by Crippen LogP contribution is -2.03. The summed E-state index contributed by atoms with van der Waals surface area (Å²) in [7, 11) is 0. The van der Waals surface area contributed by atoms with Gasteiger partial charge in [0, 0.05) is 17.0 Å². The molecule has 0 fully saturated rings. The summed E-state index contributed by atoms with van der Waals surface area (Å²) in [5, 5.41) is 5.23. The van der Waals surface area contributed by atoms with Gasteiger partial charge in [-0.2, -0.15) is 11.3 Å². The molecular weight excluding hydrogens is 311 g/mol. The number of thiophene rings is 1. The van der Waals surface area contributed by atoms with Crippen molar-refractivity contribution in [3.05, 3.63) is 50.1 Å². The third-order valence-electron chi connectivity index (χ3n) is 2.45. The second kappa shape index (κ2) is 6.67. The van der Waals surface area contributed by atoms with Crippen LogP contribution in [0.2, 0.25) is 10.0 Å². The summed E-state index contributed by atoms with van der Waals surface area (Å²) in [5.41, 5.74) is 2.08. The minimum absolute atomic E-state index is 0.327. The quantitative estimate of drug-likeness (QED) is 0.669. The lowest BCUT2D eigenvalue weighted by molar-refractivity contribution is 0.320. The zero-order valence-corrected chi connectivity index (χ0v) is 12.5. The predicted molar refractivity (Wildman–Crippen MR) is 79.5 cm³/mol. The van der Waals surface area contributed by atoms with Crippen molar-refractivity contribution in [3.63, 3.8) is 0 Å². The molecule has 2 rings (SSSR count). The van der Waals surface area contributed by atoms with Gasteiger partial charge in [0.15, 0.2) is 0 Å². The van der Waals surface area contributed by atoms with Crippen LogP contribution < -0.4 is 4.74 Å². The first kappa shape index (κ1) is 14.0. The van der Waals surface area contributed by atoms with Crippen LogP contribution in [-0.4, -0.2) is 6.61 Å². The lowest BCUT2D eigenvalue weighted by Gasteiger charge is -2.12. The summed E-state index contributed by atoms with van der Waals surface area (Å²) in [6.45, 7) is 0.571. The molecule has 0 aliphatic rings. The highest BCUT2D eigenvalue weighted by atomic mass is 35.5. The summed E-state index contributed by atoms with van der Waals surface area (Å²) in [5.74, 6) is 0.958. The highest BCUT2D eigenvalue weighted by molar-refractivity contribution is 7.07. The molecule has 0 amide bonds. The number of alkyl halides is 1. The van der Waals surface area contributed by atoms with Crippen molar-refractivity contribution < 1.29 is 4.74 Å². The van der Waals surface area contributed by atoms with E-state index in [1.807, 2.05) is 0 Å². The molecule has 5 heteroatoms. The topological polar surface area (TPSA) is 9.23 Å². The van der Waals surface area contributed by atoms with E-state index in [2.05, 4.69) is 16.8 Å². The largest absolute Gasteiger partial charge is 0.491 e. The molecule has 0 radical (unpaired) electrons. The van der Waals surface area contributed by atoms with E-state index in [1.54, 1.807) is 23.5 Å². The Labute approximate surface area is 125 Å². The minimum Gasteiger partial charge on any atom is -0.491 e. The SMILES string of the molecule is ClCc1cc(Cl)cc(Cl)c1OCCc1ccsc1. The fourth-order valence-corrected chi connectivity index (χ4v) is 3.07. The van der Waals surface area contributed by atoms with Crippen LogP contribution in [0.4, 0.5) is 0 Å². The van der Waals surface area contributed by atoms with E-state index in [1.165, 1.54) is 5.56 Å². The van der Waals surface area contributed by atoms with Crippen molar-refractivity contribution in [2.24, 2.45) is 0 Å². The number of benzene rings is 1. The fraction of sp³-hybridized carbons (Fsp3) is 0.231. The lowest BCUT2D eigenvalue weighted by atomic mass is 10.2. The zero-order valence-electron chi connectivity index (χ0n) is 9.46. The van der Waals surface area contributed by atoms with Crippen LogP contribution in [0.1, 0.15) is 11.1 Å². The fourth-order valence-electron chi connectivity index (χ4n) is 1.58. The Bertz CT molecular complexity index is 511. The molecule has 0 saturated heterocycles. The van der Waals surface area contributed by atoms with Crippen LogP contribution >= 0.6 is 46.1 Å². The highest BCUT2D eigenvalue weighted by Gasteiger charge is 2.10. The molecule has 0 atom stereocenters. The Morgan fingerprint density at radius 3 is 2.72 bits per heavy atom. The average molecular weight is 322 g/mol. The molecule has 0 saturated carbocycles. The van der Waals surface area contributed by atoms with Gasteiger partial charge in [-0.05, 0) is 34.5 Å². The third kappa shape index (κ3) is 3.55. The number of halogens is 3. The summed E-state index contributed by atoms with van der Waals surface area (Å²) < 4.78 is 5.72. The van der Waals surface area contributed by atoms with Crippen LogP contribution in [0.3, 0.4) is 0 Å². The molecule has 0 aliphatic carbocycles. The summed E-state index contributed by atoms with van der Waals surface area (Å²) in [6.07, 6.45) is 0.851. The minimum atomic E-state index is 0.327. The molecule has 18 heavy (non-hydrogen) atoms. The van der Waals surface area contributed by atoms with Gasteiger partial charge in [0.2, 0.25) is 0 Å². The molecule has 0 N–H and O–H groups in total. The molecule has 1 aromatic carbocycles. The number of hydrogen-bond donors (Lipinski definition) is 0. The summed E-state index contributed by atoms with van der Waals surface area (Å²) in [4.78, 5) is 0. The molecular formula is C13H11Cl3OS. The van der Waals surface area contributed by atoms with Crippen LogP contribution in [0.25, 0.3) is 0 Å². The van der Waals surface area contributed by atoms with E-state index in [9.17, 15) is 0 Å². The molecule has 2 aromatic rings. The van der Waals surface area contributed by atoms with Crippen molar-refractivity contribution in [1.82, 2.24) is 0 Å². The van der Waals surface area contributed by atoms with Crippen molar-refractivity contribution in [2.45, 2.75) is 12.3 Å². The molecule has 0 bridgehead atoms. The van der Waals surface area contributed by atoms with Crippen molar-refractivity contribution in [1.29, 1.82) is 0 Å². The first-order valence-corrected chi connectivity index (χ1v) is 7.62. The van der Waals surface area contributed by atoms with E-state index < -0.39 is 0 Å². The number of ether oxygens (including phenoxy) is 1. The molecule has 1 nitrogen and oxygen atoms in total. The zero-order chi connectivity index (χ0) is 13.0. The van der Waals surface area contributed by atoms with E-state index in [4.69, 9.17) is 39.5 Å². The molecule has 1 heterocycles. The maximum absolute atomic E-state index is 6.11. The monoisotopic (exact) mass is 320 g/mol. The second-order valence-corrected chi connectivity index (χ2v) is 5.63. The van der Waals surface area contributed by atoms with Gasteiger partial charge in [0.1, 0.15) is 5.75 Å². The van der Waals surface area contributed by atoms with Crippen molar-refractivity contribution in [3.8, 4) is 5.75 Å². The van der Waals surface area contributed by atoms with Crippen LogP contribution in [-0.2, 0) is 12.3 Å². The van der Waals surface area contributed by atoms with Gasteiger partial charge >= 0.3 is 0 Å². The molecule has 96 valence electrons. The van der Waals surface area contributed by atoms with Crippen LogP contribution in [0, 0.1) is 0 Å². The number of rotatable bonds is 5. The Kier molecular flexibility index (Phi) is 5.19. The molecule has 0 spiro atoms. The average Bonchev–Trinajstić information content (AvgIpc) is 2.84. The third-order valence-corrected chi connectivity index (χ3v) is 3.97. The maximum Gasteiger partial charge on any atom is 0.142 e. The smallest absolute Gasteiger partial charge is 0.142 e. The van der Waals surface area contributed by atoms with Gasteiger partial charge in [-0.1, -0.05) is 23.2 Å². The first-order valence-electron chi connectivity index (χ1n) is 5.38. The first-order chi connectivity index (χ1) is 8.70. The Morgan fingerprint density at radius 1 is 1.22 bits per heavy atom. The van der Waals surface area contributed by atoms with Gasteiger partial charge in [-0.15, -0.1) is 11.6 Å². The van der Waals surface area contributed by atoms with Gasteiger partial charge in [-0.3, -0.25) is 0 Å². The van der Waals surface area contributed by atoms with Crippen LogP contribution in [0.5, 0.6) is 5.75 Å². The number of hydrogen-bond acceptors (Lipinski definition) is 2. The normalized spacial score (nSPS) is 10.6. The van der Waals surface area contributed by atoms with Gasteiger partial charge in [0.05, 0.1) is 17.5 Å². The van der Waals surface area contributed by atoms with E-state index in [0.717, 1.165) is 12.0 Å².